The number of ether oxygens (including phenoxy) is 1. The van der Waals surface area contributed by atoms with E-state index in [9.17, 15) is 14.3 Å². The van der Waals surface area contributed by atoms with Crippen molar-refractivity contribution in [1.29, 1.82) is 0 Å². The maximum atomic E-state index is 13.0. The van der Waals surface area contributed by atoms with Gasteiger partial charge in [-0.1, -0.05) is 12.1 Å². The highest BCUT2D eigenvalue weighted by Gasteiger charge is 2.36. The summed E-state index contributed by atoms with van der Waals surface area (Å²) in [5, 5.41) is 9.90. The predicted octanol–water partition coefficient (Wildman–Crippen LogP) is 2.01. The lowest BCUT2D eigenvalue weighted by atomic mass is 9.75. The summed E-state index contributed by atoms with van der Waals surface area (Å²) in [6, 6.07) is 6.37. The summed E-state index contributed by atoms with van der Waals surface area (Å²) in [6.07, 6.45) is 2.77. The number of hydrogen-bond donors (Lipinski definition) is 1. The molecule has 1 unspecified atom stereocenters. The highest BCUT2D eigenvalue weighted by molar-refractivity contribution is 5.76. The molecule has 1 amide bonds. The Morgan fingerprint density at radius 1 is 1.41 bits per heavy atom. The fraction of sp³-hybridized carbons (Fsp3) is 0.588. The molecule has 1 aromatic carbocycles. The Labute approximate surface area is 130 Å². The zero-order chi connectivity index (χ0) is 16.0. The van der Waals surface area contributed by atoms with E-state index < -0.39 is 0 Å². The number of nitrogens with zero attached hydrogens (tertiary/aromatic N) is 1. The number of halogens is 1. The summed E-state index contributed by atoms with van der Waals surface area (Å²) in [4.78, 5) is 14.0. The van der Waals surface area contributed by atoms with E-state index in [0.717, 1.165) is 24.9 Å². The molecule has 22 heavy (non-hydrogen) atoms. The first-order valence-electron chi connectivity index (χ1n) is 7.71. The Morgan fingerprint density at radius 2 is 2.14 bits per heavy atom. The molecule has 0 aromatic heterocycles. The predicted molar refractivity (Wildman–Crippen MR) is 81.9 cm³/mol. The van der Waals surface area contributed by atoms with Gasteiger partial charge in [-0.3, -0.25) is 4.79 Å². The van der Waals surface area contributed by atoms with Crippen molar-refractivity contribution in [3.63, 3.8) is 0 Å². The van der Waals surface area contributed by atoms with Gasteiger partial charge in [0.25, 0.3) is 0 Å². The van der Waals surface area contributed by atoms with Gasteiger partial charge in [-0.25, -0.2) is 4.39 Å². The van der Waals surface area contributed by atoms with Crippen LogP contribution in [0.5, 0.6) is 0 Å². The van der Waals surface area contributed by atoms with Gasteiger partial charge in [0.05, 0.1) is 19.6 Å². The number of likely N-dealkylation sites (tertiary alicyclic amines) is 1. The van der Waals surface area contributed by atoms with Crippen molar-refractivity contribution >= 4 is 5.91 Å². The molecule has 122 valence electrons. The minimum absolute atomic E-state index is 0.0262. The normalized spacial score (nSPS) is 21.9. The minimum atomic E-state index is -0.335. The highest BCUT2D eigenvalue weighted by atomic mass is 19.1. The number of methoxy groups -OCH3 is 1. The van der Waals surface area contributed by atoms with Gasteiger partial charge in [0.15, 0.2) is 0 Å². The molecule has 1 saturated heterocycles. The molecular weight excluding hydrogens is 285 g/mol. The molecule has 1 heterocycles. The lowest BCUT2D eigenvalue weighted by Crippen LogP contribution is -2.49. The van der Waals surface area contributed by atoms with Gasteiger partial charge in [0, 0.05) is 25.6 Å². The van der Waals surface area contributed by atoms with E-state index in [1.54, 1.807) is 19.2 Å². The van der Waals surface area contributed by atoms with Gasteiger partial charge >= 0.3 is 0 Å². The third kappa shape index (κ3) is 4.27. The number of benzene rings is 1. The largest absolute Gasteiger partial charge is 0.396 e. The Kier molecular flexibility index (Phi) is 5.91. The van der Waals surface area contributed by atoms with E-state index in [4.69, 9.17) is 4.74 Å². The lowest BCUT2D eigenvalue weighted by molar-refractivity contribution is -0.136. The molecule has 4 nitrogen and oxygen atoms in total. The lowest BCUT2D eigenvalue weighted by Gasteiger charge is -2.42. The molecule has 5 heteroatoms. The molecule has 0 spiro atoms. The average Bonchev–Trinajstić information content (AvgIpc) is 2.55. The van der Waals surface area contributed by atoms with E-state index in [-0.39, 0.29) is 23.7 Å². The van der Waals surface area contributed by atoms with Crippen LogP contribution in [0.1, 0.15) is 24.8 Å². The van der Waals surface area contributed by atoms with Crippen LogP contribution in [0.4, 0.5) is 4.39 Å². The first kappa shape index (κ1) is 16.9. The summed E-state index contributed by atoms with van der Waals surface area (Å²) >= 11 is 0. The number of amides is 1. The van der Waals surface area contributed by atoms with Crippen LogP contribution in [-0.4, -0.2) is 49.3 Å². The van der Waals surface area contributed by atoms with Crippen molar-refractivity contribution in [2.24, 2.45) is 5.41 Å². The van der Waals surface area contributed by atoms with Crippen LogP contribution in [0.2, 0.25) is 0 Å². The number of carbonyl (C=O) groups is 1. The number of rotatable bonds is 6. The number of aliphatic hydroxyl groups is 1. The summed E-state index contributed by atoms with van der Waals surface area (Å²) < 4.78 is 18.0. The van der Waals surface area contributed by atoms with Crippen molar-refractivity contribution in [1.82, 2.24) is 4.90 Å². The molecule has 1 aliphatic rings. The fourth-order valence-electron chi connectivity index (χ4n) is 3.13. The Bertz CT molecular complexity index is 491. The summed E-state index contributed by atoms with van der Waals surface area (Å²) in [6.45, 7) is 1.72. The number of piperidine rings is 1. The van der Waals surface area contributed by atoms with Crippen LogP contribution < -0.4 is 0 Å². The van der Waals surface area contributed by atoms with E-state index in [0.29, 0.717) is 26.0 Å². The second kappa shape index (κ2) is 7.70. The van der Waals surface area contributed by atoms with Gasteiger partial charge in [-0.15, -0.1) is 0 Å². The van der Waals surface area contributed by atoms with Gasteiger partial charge in [-0.2, -0.15) is 0 Å². The van der Waals surface area contributed by atoms with Crippen LogP contribution in [0.3, 0.4) is 0 Å². The number of hydrogen-bond acceptors (Lipinski definition) is 3. The van der Waals surface area contributed by atoms with Crippen LogP contribution >= 0.6 is 0 Å². The second-order valence-corrected chi connectivity index (χ2v) is 6.12. The molecule has 2 rings (SSSR count). The third-order valence-electron chi connectivity index (χ3n) is 4.36. The first-order valence-corrected chi connectivity index (χ1v) is 7.71. The minimum Gasteiger partial charge on any atom is -0.396 e. The van der Waals surface area contributed by atoms with Gasteiger partial charge in [-0.05, 0) is 37.0 Å². The van der Waals surface area contributed by atoms with Crippen LogP contribution in [-0.2, 0) is 16.0 Å². The quantitative estimate of drug-likeness (QED) is 0.874. The van der Waals surface area contributed by atoms with Crippen molar-refractivity contribution in [3.05, 3.63) is 35.6 Å². The SMILES string of the molecule is COCCC(=O)N1CCCC(CO)(Cc2ccc(F)cc2)C1. The molecular formula is C17H24FNO3. The summed E-state index contributed by atoms with van der Waals surface area (Å²) in [5.74, 6) is -0.194. The van der Waals surface area contributed by atoms with Crippen molar-refractivity contribution in [3.8, 4) is 0 Å². The molecule has 0 bridgehead atoms. The van der Waals surface area contributed by atoms with Gasteiger partial charge in [0.2, 0.25) is 5.91 Å². The number of aliphatic hydroxyl groups excluding tert-OH is 1. The Balaban J connectivity index is 2.04. The molecule has 1 aromatic rings. The van der Waals surface area contributed by atoms with Crippen molar-refractivity contribution in [2.45, 2.75) is 25.7 Å². The molecule has 1 aliphatic heterocycles. The first-order chi connectivity index (χ1) is 10.6. The second-order valence-electron chi connectivity index (χ2n) is 6.12. The molecule has 0 saturated carbocycles. The van der Waals surface area contributed by atoms with E-state index >= 15 is 0 Å². The van der Waals surface area contributed by atoms with E-state index in [1.165, 1.54) is 12.1 Å². The van der Waals surface area contributed by atoms with Gasteiger partial charge < -0.3 is 14.7 Å². The van der Waals surface area contributed by atoms with Crippen molar-refractivity contribution in [2.75, 3.05) is 33.4 Å². The van der Waals surface area contributed by atoms with Crippen LogP contribution in [0.25, 0.3) is 0 Å². The van der Waals surface area contributed by atoms with Crippen LogP contribution in [0, 0.1) is 11.2 Å². The third-order valence-corrected chi connectivity index (χ3v) is 4.36. The molecule has 0 radical (unpaired) electrons. The fourth-order valence-corrected chi connectivity index (χ4v) is 3.13. The highest BCUT2D eigenvalue weighted by Crippen LogP contribution is 2.33. The smallest absolute Gasteiger partial charge is 0.224 e. The average molecular weight is 309 g/mol. The Hall–Kier alpha value is -1.46. The molecule has 1 N–H and O–H groups in total. The van der Waals surface area contributed by atoms with E-state index in [1.807, 2.05) is 4.90 Å². The molecule has 1 atom stereocenters. The standard InChI is InChI=1S/C17H24FNO3/c1-22-10-7-16(21)19-9-2-8-17(12-19,13-20)11-14-3-5-15(18)6-4-14/h3-6,20H,2,7-13H2,1H3. The van der Waals surface area contributed by atoms with Crippen LogP contribution in [0.15, 0.2) is 24.3 Å². The topological polar surface area (TPSA) is 49.8 Å². The maximum Gasteiger partial charge on any atom is 0.224 e. The van der Waals surface area contributed by atoms with Gasteiger partial charge in [0.1, 0.15) is 5.82 Å². The molecule has 1 fully saturated rings. The molecule has 0 aliphatic carbocycles. The summed E-state index contributed by atoms with van der Waals surface area (Å²) in [7, 11) is 1.58. The zero-order valence-corrected chi connectivity index (χ0v) is 13.1. The summed E-state index contributed by atoms with van der Waals surface area (Å²) in [5.41, 5.74) is 0.653. The maximum absolute atomic E-state index is 13.0. The van der Waals surface area contributed by atoms with E-state index in [2.05, 4.69) is 0 Å². The number of carbonyl (C=O) groups excluding carboxylic acids is 1. The van der Waals surface area contributed by atoms with Crippen molar-refractivity contribution < 1.29 is 19.0 Å². The zero-order valence-electron chi connectivity index (χ0n) is 13.1. The monoisotopic (exact) mass is 309 g/mol. The Morgan fingerprint density at radius 3 is 2.77 bits per heavy atom.